The SMILES string of the molecule is CCC(NNC=O)C(C)OCc1ccccc1.O=C(O)C(=O)O. The zero-order valence-corrected chi connectivity index (χ0v) is 13.1. The van der Waals surface area contributed by atoms with Crippen LogP contribution in [0.2, 0.25) is 0 Å². The highest BCUT2D eigenvalue weighted by Gasteiger charge is 2.15. The lowest BCUT2D eigenvalue weighted by Crippen LogP contribution is -2.46. The predicted octanol–water partition coefficient (Wildman–Crippen LogP) is 0.776. The summed E-state index contributed by atoms with van der Waals surface area (Å²) in [6, 6.07) is 10.1. The molecule has 4 N–H and O–H groups in total. The minimum Gasteiger partial charge on any atom is -0.473 e. The Kier molecular flexibility index (Phi) is 10.8. The summed E-state index contributed by atoms with van der Waals surface area (Å²) >= 11 is 0. The van der Waals surface area contributed by atoms with Crippen LogP contribution in [0.1, 0.15) is 25.8 Å². The Hall–Kier alpha value is -2.45. The van der Waals surface area contributed by atoms with E-state index in [1.165, 1.54) is 0 Å². The summed E-state index contributed by atoms with van der Waals surface area (Å²) in [6.07, 6.45) is 1.55. The Balaban J connectivity index is 0.000000688. The molecule has 128 valence electrons. The molecule has 0 aliphatic rings. The van der Waals surface area contributed by atoms with E-state index in [1.54, 1.807) is 0 Å². The minimum absolute atomic E-state index is 0.0349. The highest BCUT2D eigenvalue weighted by molar-refractivity contribution is 6.27. The van der Waals surface area contributed by atoms with Gasteiger partial charge in [-0.3, -0.25) is 10.2 Å². The lowest BCUT2D eigenvalue weighted by Gasteiger charge is -2.23. The van der Waals surface area contributed by atoms with Gasteiger partial charge < -0.3 is 14.9 Å². The third-order valence-electron chi connectivity index (χ3n) is 2.87. The molecule has 0 spiro atoms. The molecule has 2 unspecified atom stereocenters. The summed E-state index contributed by atoms with van der Waals surface area (Å²) in [5, 5.41) is 14.8. The van der Waals surface area contributed by atoms with Gasteiger partial charge in [-0.1, -0.05) is 37.3 Å². The molecule has 23 heavy (non-hydrogen) atoms. The van der Waals surface area contributed by atoms with Crippen LogP contribution in [0.3, 0.4) is 0 Å². The van der Waals surface area contributed by atoms with E-state index in [1.807, 2.05) is 44.2 Å². The molecule has 0 fully saturated rings. The average Bonchev–Trinajstić information content (AvgIpc) is 2.55. The molecule has 0 saturated carbocycles. The largest absolute Gasteiger partial charge is 0.473 e. The van der Waals surface area contributed by atoms with Crippen LogP contribution in [0.4, 0.5) is 0 Å². The summed E-state index contributed by atoms with van der Waals surface area (Å²) in [5.74, 6) is -3.65. The number of carboxylic acid groups (broad SMARTS) is 2. The molecule has 8 nitrogen and oxygen atoms in total. The number of hydrogen-bond acceptors (Lipinski definition) is 5. The first-order chi connectivity index (χ1) is 10.9. The molecule has 0 heterocycles. The Bertz CT molecular complexity index is 468. The lowest BCUT2D eigenvalue weighted by molar-refractivity contribution is -0.159. The van der Waals surface area contributed by atoms with Gasteiger partial charge in [-0.15, -0.1) is 0 Å². The van der Waals surface area contributed by atoms with Crippen LogP contribution in [0.15, 0.2) is 30.3 Å². The lowest BCUT2D eigenvalue weighted by atomic mass is 10.1. The highest BCUT2D eigenvalue weighted by Crippen LogP contribution is 2.07. The average molecular weight is 326 g/mol. The van der Waals surface area contributed by atoms with Gasteiger partial charge in [-0.2, -0.15) is 0 Å². The standard InChI is InChI=1S/C13H20N2O2.C2H2O4/c1-3-13(15-14-10-16)11(2)17-9-12-7-5-4-6-8-12;3-1(4)2(5)6/h4-8,10-11,13,15H,3,9H2,1-2H3,(H,14,16);(H,3,4)(H,5,6). The summed E-state index contributed by atoms with van der Waals surface area (Å²) in [5.41, 5.74) is 6.53. The minimum atomic E-state index is -1.82. The second-order valence-corrected chi connectivity index (χ2v) is 4.53. The third-order valence-corrected chi connectivity index (χ3v) is 2.87. The maximum Gasteiger partial charge on any atom is 0.414 e. The topological polar surface area (TPSA) is 125 Å². The summed E-state index contributed by atoms with van der Waals surface area (Å²) in [7, 11) is 0. The van der Waals surface area contributed by atoms with E-state index in [2.05, 4.69) is 10.9 Å². The van der Waals surface area contributed by atoms with Crippen LogP contribution in [0.5, 0.6) is 0 Å². The maximum absolute atomic E-state index is 10.2. The molecule has 1 aromatic carbocycles. The first-order valence-corrected chi connectivity index (χ1v) is 6.98. The zero-order chi connectivity index (χ0) is 17.7. The van der Waals surface area contributed by atoms with Crippen molar-refractivity contribution in [3.05, 3.63) is 35.9 Å². The van der Waals surface area contributed by atoms with E-state index >= 15 is 0 Å². The number of carbonyl (C=O) groups excluding carboxylic acids is 1. The van der Waals surface area contributed by atoms with Crippen molar-refractivity contribution in [1.82, 2.24) is 10.9 Å². The number of nitrogens with one attached hydrogen (secondary N) is 2. The van der Waals surface area contributed by atoms with E-state index in [0.717, 1.165) is 12.0 Å². The number of amides is 1. The van der Waals surface area contributed by atoms with E-state index in [9.17, 15) is 4.79 Å². The maximum atomic E-state index is 10.2. The number of aliphatic carboxylic acids is 2. The third kappa shape index (κ3) is 9.99. The van der Waals surface area contributed by atoms with Crippen LogP contribution in [0.25, 0.3) is 0 Å². The van der Waals surface area contributed by atoms with Crippen LogP contribution in [0, 0.1) is 0 Å². The van der Waals surface area contributed by atoms with Crippen LogP contribution < -0.4 is 10.9 Å². The van der Waals surface area contributed by atoms with Gasteiger partial charge in [0.2, 0.25) is 6.41 Å². The monoisotopic (exact) mass is 326 g/mol. The molecule has 0 aromatic heterocycles. The molecule has 8 heteroatoms. The summed E-state index contributed by atoms with van der Waals surface area (Å²) in [4.78, 5) is 28.4. The predicted molar refractivity (Wildman–Crippen MR) is 82.4 cm³/mol. The Morgan fingerprint density at radius 2 is 1.78 bits per heavy atom. The quantitative estimate of drug-likeness (QED) is 0.316. The van der Waals surface area contributed by atoms with Gasteiger partial charge in [0.15, 0.2) is 0 Å². The van der Waals surface area contributed by atoms with Crippen molar-refractivity contribution in [3.63, 3.8) is 0 Å². The normalized spacial score (nSPS) is 12.3. The number of carboxylic acids is 2. The number of ether oxygens (including phenoxy) is 1. The summed E-state index contributed by atoms with van der Waals surface area (Å²) in [6.45, 7) is 4.63. The molecule has 0 radical (unpaired) electrons. The highest BCUT2D eigenvalue weighted by atomic mass is 16.5. The molecule has 1 aromatic rings. The van der Waals surface area contributed by atoms with Gasteiger partial charge in [0, 0.05) is 0 Å². The van der Waals surface area contributed by atoms with E-state index < -0.39 is 11.9 Å². The molecule has 0 aliphatic heterocycles. The Morgan fingerprint density at radius 1 is 1.22 bits per heavy atom. The molecule has 1 amide bonds. The first kappa shape index (κ1) is 20.6. The van der Waals surface area contributed by atoms with Gasteiger partial charge in [-0.25, -0.2) is 15.0 Å². The van der Waals surface area contributed by atoms with Crippen molar-refractivity contribution in [2.45, 2.75) is 39.0 Å². The molecule has 2 atom stereocenters. The first-order valence-electron chi connectivity index (χ1n) is 6.98. The van der Waals surface area contributed by atoms with E-state index in [0.29, 0.717) is 13.0 Å². The van der Waals surface area contributed by atoms with E-state index in [4.69, 9.17) is 24.5 Å². The van der Waals surface area contributed by atoms with Crippen LogP contribution in [-0.4, -0.2) is 40.7 Å². The number of carbonyl (C=O) groups is 3. The molecule has 0 aliphatic carbocycles. The molecule has 0 saturated heterocycles. The van der Waals surface area contributed by atoms with Crippen molar-refractivity contribution >= 4 is 18.3 Å². The number of hydrazine groups is 1. The number of rotatable bonds is 8. The fourth-order valence-electron chi connectivity index (χ4n) is 1.61. The van der Waals surface area contributed by atoms with Crippen molar-refractivity contribution in [3.8, 4) is 0 Å². The fraction of sp³-hybridized carbons (Fsp3) is 0.400. The number of hydrogen-bond donors (Lipinski definition) is 4. The molecule has 0 bridgehead atoms. The van der Waals surface area contributed by atoms with Gasteiger partial charge >= 0.3 is 11.9 Å². The smallest absolute Gasteiger partial charge is 0.414 e. The van der Waals surface area contributed by atoms with Crippen molar-refractivity contribution in [1.29, 1.82) is 0 Å². The Morgan fingerprint density at radius 3 is 2.22 bits per heavy atom. The molecular weight excluding hydrogens is 304 g/mol. The van der Waals surface area contributed by atoms with Crippen molar-refractivity contribution in [2.75, 3.05) is 0 Å². The van der Waals surface area contributed by atoms with Gasteiger partial charge in [0.1, 0.15) is 0 Å². The van der Waals surface area contributed by atoms with Crippen molar-refractivity contribution in [2.24, 2.45) is 0 Å². The second kappa shape index (κ2) is 12.1. The zero-order valence-electron chi connectivity index (χ0n) is 13.1. The fourth-order valence-corrected chi connectivity index (χ4v) is 1.61. The molecule has 1 rings (SSSR count). The van der Waals surface area contributed by atoms with Gasteiger partial charge in [-0.05, 0) is 18.9 Å². The molecular formula is C15H22N2O6. The second-order valence-electron chi connectivity index (χ2n) is 4.53. The van der Waals surface area contributed by atoms with Gasteiger partial charge in [0.25, 0.3) is 0 Å². The number of benzene rings is 1. The summed E-state index contributed by atoms with van der Waals surface area (Å²) < 4.78 is 5.76. The van der Waals surface area contributed by atoms with Gasteiger partial charge in [0.05, 0.1) is 18.8 Å². The van der Waals surface area contributed by atoms with Crippen LogP contribution in [-0.2, 0) is 25.7 Å². The van der Waals surface area contributed by atoms with E-state index in [-0.39, 0.29) is 12.1 Å². The van der Waals surface area contributed by atoms with Crippen LogP contribution >= 0.6 is 0 Å². The van der Waals surface area contributed by atoms with Crippen molar-refractivity contribution < 1.29 is 29.3 Å². The Labute approximate surface area is 134 Å².